The number of nitrogens with one attached hydrogen (secondary N) is 2. The molecule has 5 aromatic rings. The van der Waals surface area contributed by atoms with Crippen LogP contribution < -0.4 is 5.32 Å². The van der Waals surface area contributed by atoms with E-state index in [4.69, 9.17) is 0 Å². The Labute approximate surface area is 161 Å². The van der Waals surface area contributed by atoms with Gasteiger partial charge in [0.15, 0.2) is 5.65 Å². The lowest BCUT2D eigenvalue weighted by Gasteiger charge is -2.10. The van der Waals surface area contributed by atoms with Crippen LogP contribution in [0.2, 0.25) is 0 Å². The first-order chi connectivity index (χ1) is 13.8. The molecule has 2 aromatic carbocycles. The van der Waals surface area contributed by atoms with Crippen LogP contribution in [0.1, 0.15) is 11.1 Å². The molecule has 136 valence electrons. The summed E-state index contributed by atoms with van der Waals surface area (Å²) >= 11 is 0. The lowest BCUT2D eigenvalue weighted by Crippen LogP contribution is -2.06. The van der Waals surface area contributed by atoms with Gasteiger partial charge in [0, 0.05) is 29.2 Å². The van der Waals surface area contributed by atoms with E-state index < -0.39 is 0 Å². The molecule has 0 saturated carbocycles. The van der Waals surface area contributed by atoms with Crippen molar-refractivity contribution in [2.75, 3.05) is 5.32 Å². The first-order valence-corrected chi connectivity index (χ1v) is 9.14. The van der Waals surface area contributed by atoms with Crippen LogP contribution in [0.25, 0.3) is 33.3 Å². The molecule has 0 amide bonds. The van der Waals surface area contributed by atoms with E-state index in [0.717, 1.165) is 38.9 Å². The molecule has 2 N–H and O–H groups in total. The second-order valence-electron chi connectivity index (χ2n) is 6.73. The molecule has 0 bridgehead atoms. The van der Waals surface area contributed by atoms with Crippen LogP contribution in [0.15, 0.2) is 66.9 Å². The van der Waals surface area contributed by atoms with Gasteiger partial charge >= 0.3 is 0 Å². The van der Waals surface area contributed by atoms with Crippen molar-refractivity contribution in [3.8, 4) is 11.3 Å². The van der Waals surface area contributed by atoms with E-state index in [1.165, 1.54) is 5.56 Å². The van der Waals surface area contributed by atoms with E-state index in [9.17, 15) is 0 Å². The average Bonchev–Trinajstić information content (AvgIpc) is 3.10. The van der Waals surface area contributed by atoms with E-state index in [1.54, 1.807) is 6.20 Å². The number of hydrogen-bond acceptors (Lipinski definition) is 5. The molecule has 0 fully saturated rings. The summed E-state index contributed by atoms with van der Waals surface area (Å²) < 4.78 is 0. The molecule has 0 aliphatic heterocycles. The third-order valence-corrected chi connectivity index (χ3v) is 4.77. The van der Waals surface area contributed by atoms with Crippen LogP contribution in [0.4, 0.5) is 5.95 Å². The van der Waals surface area contributed by atoms with Gasteiger partial charge in [-0.2, -0.15) is 4.98 Å². The van der Waals surface area contributed by atoms with Gasteiger partial charge in [-0.3, -0.25) is 4.98 Å². The third-order valence-electron chi connectivity index (χ3n) is 4.77. The van der Waals surface area contributed by atoms with E-state index in [0.29, 0.717) is 12.5 Å². The number of fused-ring (bicyclic) bond motifs is 3. The average molecular weight is 366 g/mol. The Morgan fingerprint density at radius 1 is 0.964 bits per heavy atom. The minimum absolute atomic E-state index is 0.492. The molecule has 0 atom stereocenters. The number of aromatic nitrogens is 5. The fraction of sp³-hybridized carbons (Fsp3) is 0.0909. The topological polar surface area (TPSA) is 79.4 Å². The number of rotatable bonds is 4. The highest BCUT2D eigenvalue weighted by Crippen LogP contribution is 2.24. The monoisotopic (exact) mass is 366 g/mol. The second kappa shape index (κ2) is 6.74. The number of anilines is 1. The van der Waals surface area contributed by atoms with Gasteiger partial charge in [0.1, 0.15) is 5.52 Å². The maximum absolute atomic E-state index is 4.60. The lowest BCUT2D eigenvalue weighted by molar-refractivity contribution is 0.983. The molecule has 6 heteroatoms. The Hall–Kier alpha value is -3.80. The van der Waals surface area contributed by atoms with Gasteiger partial charge in [0.05, 0.1) is 5.69 Å². The summed E-state index contributed by atoms with van der Waals surface area (Å²) in [4.78, 5) is 12.4. The van der Waals surface area contributed by atoms with Crippen molar-refractivity contribution in [2.24, 2.45) is 0 Å². The van der Waals surface area contributed by atoms with Gasteiger partial charge in [-0.05, 0) is 36.8 Å². The van der Waals surface area contributed by atoms with Crippen molar-refractivity contribution in [2.45, 2.75) is 13.5 Å². The summed E-state index contributed by atoms with van der Waals surface area (Å²) in [5, 5.41) is 13.0. The molecule has 0 radical (unpaired) electrons. The summed E-state index contributed by atoms with van der Waals surface area (Å²) in [6.07, 6.45) is 1.80. The predicted molar refractivity (Wildman–Crippen MR) is 111 cm³/mol. The minimum Gasteiger partial charge on any atom is -0.349 e. The Bertz CT molecular complexity index is 1280. The Balaban J connectivity index is 1.45. The predicted octanol–water partition coefficient (Wildman–Crippen LogP) is 4.49. The zero-order valence-electron chi connectivity index (χ0n) is 15.3. The first-order valence-electron chi connectivity index (χ1n) is 9.14. The quantitative estimate of drug-likeness (QED) is 0.490. The summed E-state index contributed by atoms with van der Waals surface area (Å²) in [5.74, 6) is 0.492. The number of pyridine rings is 1. The minimum atomic E-state index is 0.492. The summed E-state index contributed by atoms with van der Waals surface area (Å²) in [7, 11) is 0. The molecule has 3 aromatic heterocycles. The maximum Gasteiger partial charge on any atom is 0.245 e. The zero-order valence-corrected chi connectivity index (χ0v) is 15.3. The normalized spacial score (nSPS) is 11.2. The highest BCUT2D eigenvalue weighted by molar-refractivity contribution is 6.03. The van der Waals surface area contributed by atoms with E-state index in [-0.39, 0.29) is 0 Å². The molecule has 6 nitrogen and oxygen atoms in total. The highest BCUT2D eigenvalue weighted by atomic mass is 15.2. The molecule has 0 saturated heterocycles. The SMILES string of the molecule is Cc1ccc2[nH]c3nc(NCc4ccccc4-c4ccccn4)nnc3c2c1. The van der Waals surface area contributed by atoms with Gasteiger partial charge in [-0.25, -0.2) is 0 Å². The third kappa shape index (κ3) is 2.95. The molecule has 0 aliphatic carbocycles. The number of benzene rings is 2. The standard InChI is InChI=1S/C22H18N6/c1-14-9-10-19-17(12-14)20-21(25-19)26-22(28-27-20)24-13-15-6-2-3-7-16(15)18-8-4-5-11-23-18/h2-12H,13H2,1H3,(H2,24,25,26,28). The van der Waals surface area contributed by atoms with Gasteiger partial charge in [0.2, 0.25) is 5.95 Å². The van der Waals surface area contributed by atoms with E-state index in [2.05, 4.69) is 61.7 Å². The second-order valence-corrected chi connectivity index (χ2v) is 6.73. The molecule has 0 spiro atoms. The fourth-order valence-corrected chi connectivity index (χ4v) is 3.38. The van der Waals surface area contributed by atoms with Crippen molar-refractivity contribution in [1.82, 2.24) is 25.1 Å². The first kappa shape index (κ1) is 16.4. The van der Waals surface area contributed by atoms with Gasteiger partial charge in [-0.1, -0.05) is 42.0 Å². The van der Waals surface area contributed by atoms with Crippen LogP contribution in [-0.4, -0.2) is 25.1 Å². The molecule has 5 rings (SSSR count). The molecule has 3 heterocycles. The summed E-state index contributed by atoms with van der Waals surface area (Å²) in [6, 6.07) is 20.3. The molecule has 0 unspecified atom stereocenters. The maximum atomic E-state index is 4.60. The van der Waals surface area contributed by atoms with E-state index in [1.807, 2.05) is 36.4 Å². The van der Waals surface area contributed by atoms with Crippen molar-refractivity contribution < 1.29 is 0 Å². The molecular weight excluding hydrogens is 348 g/mol. The summed E-state index contributed by atoms with van der Waals surface area (Å²) in [6.45, 7) is 2.65. The number of hydrogen-bond donors (Lipinski definition) is 2. The van der Waals surface area contributed by atoms with Gasteiger partial charge in [0.25, 0.3) is 0 Å². The summed E-state index contributed by atoms with van der Waals surface area (Å²) in [5.41, 5.74) is 6.88. The van der Waals surface area contributed by atoms with Crippen molar-refractivity contribution in [1.29, 1.82) is 0 Å². The number of aromatic amines is 1. The molecular formula is C22H18N6. The van der Waals surface area contributed by atoms with Crippen LogP contribution >= 0.6 is 0 Å². The van der Waals surface area contributed by atoms with Gasteiger partial charge < -0.3 is 10.3 Å². The number of nitrogens with zero attached hydrogens (tertiary/aromatic N) is 4. The fourth-order valence-electron chi connectivity index (χ4n) is 3.38. The smallest absolute Gasteiger partial charge is 0.245 e. The van der Waals surface area contributed by atoms with Gasteiger partial charge in [-0.15, -0.1) is 10.2 Å². The Morgan fingerprint density at radius 2 is 1.86 bits per heavy atom. The lowest BCUT2D eigenvalue weighted by atomic mass is 10.0. The van der Waals surface area contributed by atoms with Crippen LogP contribution in [0.3, 0.4) is 0 Å². The highest BCUT2D eigenvalue weighted by Gasteiger charge is 2.10. The number of aryl methyl sites for hydroxylation is 1. The van der Waals surface area contributed by atoms with Crippen LogP contribution in [0.5, 0.6) is 0 Å². The zero-order chi connectivity index (χ0) is 18.9. The largest absolute Gasteiger partial charge is 0.349 e. The Kier molecular flexibility index (Phi) is 3.94. The van der Waals surface area contributed by atoms with Crippen molar-refractivity contribution in [3.63, 3.8) is 0 Å². The number of H-pyrrole nitrogens is 1. The molecule has 28 heavy (non-hydrogen) atoms. The van der Waals surface area contributed by atoms with Crippen molar-refractivity contribution >= 4 is 28.0 Å². The van der Waals surface area contributed by atoms with Crippen LogP contribution in [-0.2, 0) is 6.54 Å². The van der Waals surface area contributed by atoms with Crippen LogP contribution in [0, 0.1) is 6.92 Å². The molecule has 0 aliphatic rings. The van der Waals surface area contributed by atoms with Crippen molar-refractivity contribution in [3.05, 3.63) is 78.0 Å². The van der Waals surface area contributed by atoms with E-state index >= 15 is 0 Å². The Morgan fingerprint density at radius 3 is 2.75 bits per heavy atom.